The summed E-state index contributed by atoms with van der Waals surface area (Å²) in [6, 6.07) is 5.03. The Labute approximate surface area is 155 Å². The molecule has 1 unspecified atom stereocenters. The average molecular weight is 374 g/mol. The number of fused-ring (bicyclic) bond motifs is 1. The van der Waals surface area contributed by atoms with Crippen molar-refractivity contribution >= 4 is 5.91 Å². The van der Waals surface area contributed by atoms with Crippen molar-refractivity contribution in [1.82, 2.24) is 19.2 Å². The lowest BCUT2D eigenvalue weighted by Gasteiger charge is -2.34. The molecule has 0 bridgehead atoms. The first-order chi connectivity index (χ1) is 13.1. The molecule has 1 aromatic heterocycles. The van der Waals surface area contributed by atoms with Crippen molar-refractivity contribution in [2.75, 3.05) is 19.9 Å². The predicted octanol–water partition coefficient (Wildman–Crippen LogP) is 0.445. The second-order valence-corrected chi connectivity index (χ2v) is 6.78. The van der Waals surface area contributed by atoms with Gasteiger partial charge < -0.3 is 19.5 Å². The van der Waals surface area contributed by atoms with Gasteiger partial charge in [0.25, 0.3) is 0 Å². The Hall–Kier alpha value is -2.81. The summed E-state index contributed by atoms with van der Waals surface area (Å²) < 4.78 is 13.3. The monoisotopic (exact) mass is 374 g/mol. The maximum Gasteiger partial charge on any atom is 0.351 e. The average Bonchev–Trinajstić information content (AvgIpc) is 3.25. The maximum atomic E-state index is 12.8. The van der Waals surface area contributed by atoms with Crippen LogP contribution in [0.2, 0.25) is 0 Å². The smallest absolute Gasteiger partial charge is 0.351 e. The van der Waals surface area contributed by atoms with Crippen molar-refractivity contribution in [3.8, 4) is 17.2 Å². The molecule has 144 valence electrons. The fourth-order valence-electron chi connectivity index (χ4n) is 3.68. The first kappa shape index (κ1) is 17.6. The van der Waals surface area contributed by atoms with E-state index in [1.165, 1.54) is 9.25 Å². The van der Waals surface area contributed by atoms with Gasteiger partial charge in [-0.2, -0.15) is 5.10 Å². The van der Waals surface area contributed by atoms with Gasteiger partial charge in [0, 0.05) is 12.6 Å². The van der Waals surface area contributed by atoms with Crippen LogP contribution in [0.1, 0.15) is 25.1 Å². The minimum Gasteiger partial charge on any atom is -0.454 e. The summed E-state index contributed by atoms with van der Waals surface area (Å²) >= 11 is 0. The number of aliphatic hydroxyl groups excluding tert-OH is 1. The van der Waals surface area contributed by atoms with Gasteiger partial charge in [0.1, 0.15) is 12.4 Å². The van der Waals surface area contributed by atoms with Gasteiger partial charge in [0.05, 0.1) is 18.3 Å². The largest absolute Gasteiger partial charge is 0.454 e. The fraction of sp³-hybridized carbons (Fsp3) is 0.500. The second kappa shape index (κ2) is 7.07. The van der Waals surface area contributed by atoms with Crippen LogP contribution in [0.15, 0.2) is 23.0 Å². The Balaban J connectivity index is 1.59. The van der Waals surface area contributed by atoms with Crippen molar-refractivity contribution in [2.24, 2.45) is 0 Å². The van der Waals surface area contributed by atoms with E-state index in [0.717, 1.165) is 19.3 Å². The molecule has 1 N–H and O–H groups in total. The number of benzene rings is 1. The zero-order chi connectivity index (χ0) is 19.0. The Kier molecular flexibility index (Phi) is 4.61. The van der Waals surface area contributed by atoms with Gasteiger partial charge in [-0.3, -0.25) is 4.79 Å². The molecular weight excluding hydrogens is 352 g/mol. The molecular formula is C18H22N4O5. The summed E-state index contributed by atoms with van der Waals surface area (Å²) in [7, 11) is 0. The minimum absolute atomic E-state index is 0.0642. The van der Waals surface area contributed by atoms with Crippen molar-refractivity contribution in [2.45, 2.75) is 38.8 Å². The Morgan fingerprint density at radius 1 is 1.30 bits per heavy atom. The van der Waals surface area contributed by atoms with E-state index in [1.54, 1.807) is 30.0 Å². The van der Waals surface area contributed by atoms with Crippen molar-refractivity contribution in [1.29, 1.82) is 0 Å². The molecule has 0 saturated carbocycles. The molecule has 0 radical (unpaired) electrons. The molecule has 1 atom stereocenters. The van der Waals surface area contributed by atoms with Gasteiger partial charge in [-0.25, -0.2) is 14.0 Å². The molecule has 0 aliphatic carbocycles. The van der Waals surface area contributed by atoms with Crippen LogP contribution in [0.4, 0.5) is 0 Å². The number of carbonyl (C=O) groups is 1. The number of amides is 1. The van der Waals surface area contributed by atoms with Crippen LogP contribution in [0.5, 0.6) is 11.5 Å². The number of aliphatic hydroxyl groups is 1. The molecule has 0 spiro atoms. The highest BCUT2D eigenvalue weighted by Crippen LogP contribution is 2.33. The summed E-state index contributed by atoms with van der Waals surface area (Å²) in [5.74, 6) is 1.48. The molecule has 1 fully saturated rings. The number of rotatable bonds is 4. The van der Waals surface area contributed by atoms with Gasteiger partial charge in [-0.05, 0) is 38.3 Å². The normalized spacial score (nSPS) is 18.7. The van der Waals surface area contributed by atoms with Crippen LogP contribution in [-0.4, -0.2) is 56.2 Å². The van der Waals surface area contributed by atoms with E-state index < -0.39 is 5.69 Å². The highest BCUT2D eigenvalue weighted by atomic mass is 16.7. The summed E-state index contributed by atoms with van der Waals surface area (Å²) in [6.07, 6.45) is 2.68. The number of hydrogen-bond acceptors (Lipinski definition) is 6. The van der Waals surface area contributed by atoms with Crippen LogP contribution in [0, 0.1) is 6.92 Å². The van der Waals surface area contributed by atoms with Crippen LogP contribution in [0.25, 0.3) is 5.69 Å². The summed E-state index contributed by atoms with van der Waals surface area (Å²) in [6.45, 7) is 2.26. The molecule has 4 rings (SSSR count). The lowest BCUT2D eigenvalue weighted by molar-refractivity contribution is -0.136. The fourth-order valence-corrected chi connectivity index (χ4v) is 3.68. The molecule has 2 aliphatic heterocycles. The van der Waals surface area contributed by atoms with Gasteiger partial charge in [0.2, 0.25) is 12.7 Å². The number of ether oxygens (including phenoxy) is 2. The van der Waals surface area contributed by atoms with E-state index in [4.69, 9.17) is 9.47 Å². The molecule has 2 aliphatic rings. The van der Waals surface area contributed by atoms with Crippen LogP contribution < -0.4 is 15.2 Å². The van der Waals surface area contributed by atoms with Gasteiger partial charge in [0.15, 0.2) is 11.5 Å². The number of hydrogen-bond donors (Lipinski definition) is 1. The molecule has 27 heavy (non-hydrogen) atoms. The number of piperidine rings is 1. The topological polar surface area (TPSA) is 98.8 Å². The van der Waals surface area contributed by atoms with Crippen molar-refractivity contribution < 1.29 is 19.4 Å². The third-order valence-corrected chi connectivity index (χ3v) is 5.06. The first-order valence-corrected chi connectivity index (χ1v) is 9.05. The van der Waals surface area contributed by atoms with Crippen LogP contribution in [0.3, 0.4) is 0 Å². The molecule has 3 heterocycles. The quantitative estimate of drug-likeness (QED) is 0.834. The van der Waals surface area contributed by atoms with Crippen LogP contribution >= 0.6 is 0 Å². The molecule has 2 aromatic rings. The van der Waals surface area contributed by atoms with E-state index >= 15 is 0 Å². The number of nitrogens with zero attached hydrogens (tertiary/aromatic N) is 4. The highest BCUT2D eigenvalue weighted by Gasteiger charge is 2.27. The Morgan fingerprint density at radius 2 is 2.11 bits per heavy atom. The zero-order valence-corrected chi connectivity index (χ0v) is 15.1. The molecule has 1 aromatic carbocycles. The third kappa shape index (κ3) is 3.18. The van der Waals surface area contributed by atoms with E-state index in [1.807, 2.05) is 0 Å². The summed E-state index contributed by atoms with van der Waals surface area (Å²) in [5, 5.41) is 13.8. The molecule has 9 heteroatoms. The second-order valence-electron chi connectivity index (χ2n) is 6.78. The third-order valence-electron chi connectivity index (χ3n) is 5.06. The summed E-state index contributed by atoms with van der Waals surface area (Å²) in [4.78, 5) is 27.2. The predicted molar refractivity (Wildman–Crippen MR) is 95.1 cm³/mol. The van der Waals surface area contributed by atoms with Gasteiger partial charge in [-0.1, -0.05) is 0 Å². The van der Waals surface area contributed by atoms with E-state index in [-0.39, 0.29) is 31.9 Å². The minimum atomic E-state index is -0.391. The zero-order valence-electron chi connectivity index (χ0n) is 15.1. The van der Waals surface area contributed by atoms with Gasteiger partial charge in [-0.15, -0.1) is 0 Å². The maximum absolute atomic E-state index is 12.8. The number of carbonyl (C=O) groups excluding carboxylic acids is 1. The van der Waals surface area contributed by atoms with E-state index in [0.29, 0.717) is 29.6 Å². The lowest BCUT2D eigenvalue weighted by atomic mass is 10.0. The van der Waals surface area contributed by atoms with Gasteiger partial charge >= 0.3 is 5.69 Å². The van der Waals surface area contributed by atoms with Crippen molar-refractivity contribution in [3.05, 3.63) is 34.5 Å². The summed E-state index contributed by atoms with van der Waals surface area (Å²) in [5.41, 5.74) is 0.212. The standard InChI is InChI=1S/C18H22N4O5/c1-12-19-21(9-17(24)20-7-3-2-4-14(20)10-23)18(25)22(12)13-5-6-15-16(8-13)27-11-26-15/h5-6,8,14,23H,2-4,7,9-11H2,1H3. The number of aromatic nitrogens is 3. The first-order valence-electron chi connectivity index (χ1n) is 9.05. The molecule has 9 nitrogen and oxygen atoms in total. The van der Waals surface area contributed by atoms with Crippen molar-refractivity contribution in [3.63, 3.8) is 0 Å². The molecule has 1 amide bonds. The SMILES string of the molecule is Cc1nn(CC(=O)N2CCCCC2CO)c(=O)n1-c1ccc2c(c1)OCO2. The number of likely N-dealkylation sites (tertiary alicyclic amines) is 1. The molecule has 1 saturated heterocycles. The lowest BCUT2D eigenvalue weighted by Crippen LogP contribution is -2.47. The van der Waals surface area contributed by atoms with E-state index in [2.05, 4.69) is 5.10 Å². The Morgan fingerprint density at radius 3 is 2.93 bits per heavy atom. The Bertz CT molecular complexity index is 919. The van der Waals surface area contributed by atoms with Crippen LogP contribution in [-0.2, 0) is 11.3 Å². The number of aryl methyl sites for hydroxylation is 1. The highest BCUT2D eigenvalue weighted by molar-refractivity contribution is 5.76. The van der Waals surface area contributed by atoms with E-state index in [9.17, 15) is 14.7 Å².